The van der Waals surface area contributed by atoms with Crippen LogP contribution in [0.3, 0.4) is 0 Å². The fraction of sp³-hybridized carbons (Fsp3) is 0.240. The number of phenols is 4. The number of allylic oxidation sites excluding steroid dienone is 4. The third-order valence-corrected chi connectivity index (χ3v) is 5.06. The number of hydrogen-bond donors (Lipinski definition) is 4. The van der Waals surface area contributed by atoms with E-state index in [1.165, 1.54) is 23.8 Å². The molecule has 4 N–H and O–H groups in total. The predicted molar refractivity (Wildman–Crippen MR) is 121 cm³/mol. The highest BCUT2D eigenvalue weighted by Gasteiger charge is 2.18. The number of aromatic hydroxyl groups is 4. The second-order valence-corrected chi connectivity index (χ2v) is 7.85. The maximum atomic E-state index is 12.5. The summed E-state index contributed by atoms with van der Waals surface area (Å²) < 4.78 is 5.68. The van der Waals surface area contributed by atoms with Crippen LogP contribution in [0, 0.1) is 0 Å². The normalized spacial score (nSPS) is 11.6. The predicted octanol–water partition coefficient (Wildman–Crippen LogP) is 5.52. The SMILES string of the molecule is CC(C)=CCCC(C)=CCc1c(O)ccc(-c2cc(=O)c3c(O)cc(O)cc3o2)c1O. The van der Waals surface area contributed by atoms with Crippen LogP contribution in [-0.4, -0.2) is 20.4 Å². The van der Waals surface area contributed by atoms with Crippen LogP contribution in [0.25, 0.3) is 22.3 Å². The van der Waals surface area contributed by atoms with Gasteiger partial charge in [0.1, 0.15) is 39.7 Å². The second-order valence-electron chi connectivity index (χ2n) is 7.85. The summed E-state index contributed by atoms with van der Waals surface area (Å²) in [6, 6.07) is 6.32. The number of rotatable bonds is 6. The van der Waals surface area contributed by atoms with Gasteiger partial charge in [-0.1, -0.05) is 23.3 Å². The second kappa shape index (κ2) is 9.00. The molecule has 0 saturated heterocycles. The van der Waals surface area contributed by atoms with Gasteiger partial charge < -0.3 is 24.8 Å². The van der Waals surface area contributed by atoms with Crippen molar-refractivity contribution in [3.8, 4) is 34.3 Å². The topological polar surface area (TPSA) is 111 Å². The highest BCUT2D eigenvalue weighted by atomic mass is 16.3. The standard InChI is InChI=1S/C25H26O6/c1-14(2)5-4-6-15(3)7-8-17-19(27)10-9-18(25(17)30)22-13-21(29)24-20(28)11-16(26)12-23(24)31-22/h5,7,9-13,26-28,30H,4,6,8H2,1-3H3. The van der Waals surface area contributed by atoms with Crippen molar-refractivity contribution in [1.82, 2.24) is 0 Å². The molecule has 0 amide bonds. The molecule has 0 bridgehead atoms. The fourth-order valence-corrected chi connectivity index (χ4v) is 3.38. The Morgan fingerprint density at radius 1 is 0.968 bits per heavy atom. The summed E-state index contributed by atoms with van der Waals surface area (Å²) >= 11 is 0. The summed E-state index contributed by atoms with van der Waals surface area (Å²) in [7, 11) is 0. The maximum absolute atomic E-state index is 12.5. The van der Waals surface area contributed by atoms with Gasteiger partial charge in [-0.25, -0.2) is 0 Å². The molecule has 2 aromatic carbocycles. The van der Waals surface area contributed by atoms with E-state index in [0.29, 0.717) is 12.0 Å². The molecule has 0 saturated carbocycles. The monoisotopic (exact) mass is 422 g/mol. The molecule has 0 fully saturated rings. The van der Waals surface area contributed by atoms with Crippen LogP contribution < -0.4 is 5.43 Å². The van der Waals surface area contributed by atoms with E-state index >= 15 is 0 Å². The summed E-state index contributed by atoms with van der Waals surface area (Å²) in [5, 5.41) is 40.6. The molecule has 0 unspecified atom stereocenters. The van der Waals surface area contributed by atoms with E-state index in [0.717, 1.165) is 30.5 Å². The van der Waals surface area contributed by atoms with E-state index in [1.54, 1.807) is 0 Å². The van der Waals surface area contributed by atoms with Crippen molar-refractivity contribution in [1.29, 1.82) is 0 Å². The Balaban J connectivity index is 1.99. The first-order chi connectivity index (χ1) is 14.7. The first-order valence-corrected chi connectivity index (χ1v) is 10.0. The van der Waals surface area contributed by atoms with Gasteiger partial charge in [-0.2, -0.15) is 0 Å². The van der Waals surface area contributed by atoms with Crippen molar-refractivity contribution in [2.24, 2.45) is 0 Å². The largest absolute Gasteiger partial charge is 0.508 e. The van der Waals surface area contributed by atoms with Crippen molar-refractivity contribution in [2.75, 3.05) is 0 Å². The smallest absolute Gasteiger partial charge is 0.197 e. The molecule has 0 radical (unpaired) electrons. The molecule has 31 heavy (non-hydrogen) atoms. The van der Waals surface area contributed by atoms with Gasteiger partial charge in [0.25, 0.3) is 0 Å². The molecule has 1 aromatic heterocycles. The van der Waals surface area contributed by atoms with E-state index in [1.807, 2.05) is 13.0 Å². The first-order valence-electron chi connectivity index (χ1n) is 10.0. The van der Waals surface area contributed by atoms with Gasteiger partial charge in [0.15, 0.2) is 5.43 Å². The number of benzene rings is 2. The molecule has 3 aromatic rings. The van der Waals surface area contributed by atoms with Gasteiger partial charge in [0.2, 0.25) is 0 Å². The van der Waals surface area contributed by atoms with Gasteiger partial charge in [-0.3, -0.25) is 4.79 Å². The van der Waals surface area contributed by atoms with E-state index in [2.05, 4.69) is 19.9 Å². The van der Waals surface area contributed by atoms with Crippen LogP contribution in [0.2, 0.25) is 0 Å². The van der Waals surface area contributed by atoms with Gasteiger partial charge in [-0.15, -0.1) is 0 Å². The zero-order valence-corrected chi connectivity index (χ0v) is 17.8. The van der Waals surface area contributed by atoms with Gasteiger partial charge in [-0.05, 0) is 52.2 Å². The van der Waals surface area contributed by atoms with Crippen LogP contribution >= 0.6 is 0 Å². The van der Waals surface area contributed by atoms with Crippen LogP contribution in [0.15, 0.2) is 62.8 Å². The van der Waals surface area contributed by atoms with E-state index in [-0.39, 0.29) is 45.3 Å². The summed E-state index contributed by atoms with van der Waals surface area (Å²) in [4.78, 5) is 12.5. The van der Waals surface area contributed by atoms with Crippen molar-refractivity contribution < 1.29 is 24.8 Å². The minimum absolute atomic E-state index is 0.0102. The lowest BCUT2D eigenvalue weighted by Gasteiger charge is -2.11. The number of phenolic OH excluding ortho intramolecular Hbond substituents is 4. The average Bonchev–Trinajstić information content (AvgIpc) is 2.66. The highest BCUT2D eigenvalue weighted by molar-refractivity contribution is 5.86. The zero-order valence-electron chi connectivity index (χ0n) is 17.8. The van der Waals surface area contributed by atoms with E-state index in [9.17, 15) is 25.2 Å². The van der Waals surface area contributed by atoms with E-state index in [4.69, 9.17) is 4.42 Å². The fourth-order valence-electron chi connectivity index (χ4n) is 3.38. The van der Waals surface area contributed by atoms with Crippen LogP contribution in [0.4, 0.5) is 0 Å². The number of hydrogen-bond acceptors (Lipinski definition) is 6. The third-order valence-electron chi connectivity index (χ3n) is 5.06. The molecule has 0 aliphatic heterocycles. The molecule has 0 aliphatic rings. The minimum atomic E-state index is -0.516. The lowest BCUT2D eigenvalue weighted by Crippen LogP contribution is -2.01. The zero-order chi connectivity index (χ0) is 22.7. The Morgan fingerprint density at radius 2 is 1.71 bits per heavy atom. The number of fused-ring (bicyclic) bond motifs is 1. The molecule has 1 heterocycles. The Kier molecular flexibility index (Phi) is 6.39. The Bertz CT molecular complexity index is 1240. The lowest BCUT2D eigenvalue weighted by atomic mass is 10.0. The minimum Gasteiger partial charge on any atom is -0.508 e. The van der Waals surface area contributed by atoms with Gasteiger partial charge >= 0.3 is 0 Å². The first kappa shape index (κ1) is 22.0. The maximum Gasteiger partial charge on any atom is 0.197 e. The quantitative estimate of drug-likeness (QED) is 0.389. The average molecular weight is 422 g/mol. The molecule has 0 aliphatic carbocycles. The molecular formula is C25H26O6. The Hall–Kier alpha value is -3.67. The van der Waals surface area contributed by atoms with Crippen molar-refractivity contribution >= 4 is 11.0 Å². The summed E-state index contributed by atoms with van der Waals surface area (Å²) in [5.74, 6) is -0.840. The van der Waals surface area contributed by atoms with Crippen molar-refractivity contribution in [2.45, 2.75) is 40.0 Å². The summed E-state index contributed by atoms with van der Waals surface area (Å²) in [6.45, 7) is 6.10. The molecule has 162 valence electrons. The summed E-state index contributed by atoms with van der Waals surface area (Å²) in [6.07, 6.45) is 6.21. The molecule has 0 spiro atoms. The van der Waals surface area contributed by atoms with Crippen LogP contribution in [0.1, 0.15) is 39.2 Å². The molecule has 3 rings (SSSR count). The van der Waals surface area contributed by atoms with Crippen LogP contribution in [0.5, 0.6) is 23.0 Å². The van der Waals surface area contributed by atoms with Gasteiger partial charge in [0, 0.05) is 23.8 Å². The van der Waals surface area contributed by atoms with E-state index < -0.39 is 5.43 Å². The van der Waals surface area contributed by atoms with Crippen LogP contribution in [-0.2, 0) is 6.42 Å². The van der Waals surface area contributed by atoms with Crippen molar-refractivity contribution in [3.05, 3.63) is 69.4 Å². The molecular weight excluding hydrogens is 396 g/mol. The Labute approximate surface area is 180 Å². The van der Waals surface area contributed by atoms with Gasteiger partial charge in [0.05, 0.1) is 5.56 Å². The Morgan fingerprint density at radius 3 is 2.42 bits per heavy atom. The third kappa shape index (κ3) is 4.91. The molecule has 6 nitrogen and oxygen atoms in total. The highest BCUT2D eigenvalue weighted by Crippen LogP contribution is 2.39. The summed E-state index contributed by atoms with van der Waals surface area (Å²) in [5.41, 5.74) is 2.41. The lowest BCUT2D eigenvalue weighted by molar-refractivity contribution is 0.440. The molecule has 0 atom stereocenters. The molecule has 6 heteroatoms. The van der Waals surface area contributed by atoms with Crippen molar-refractivity contribution in [3.63, 3.8) is 0 Å².